The Balaban J connectivity index is 1.51. The number of rotatable bonds is 4. The van der Waals surface area contributed by atoms with Crippen molar-refractivity contribution in [3.05, 3.63) is 53.4 Å². The molecule has 1 amide bonds. The highest BCUT2D eigenvalue weighted by atomic mass is 32.1. The third-order valence-electron chi connectivity index (χ3n) is 4.19. The molecule has 0 bridgehead atoms. The van der Waals surface area contributed by atoms with Gasteiger partial charge in [-0.3, -0.25) is 10.1 Å². The first-order valence-corrected chi connectivity index (χ1v) is 9.42. The van der Waals surface area contributed by atoms with Gasteiger partial charge in [0.15, 0.2) is 16.6 Å². The number of carbonyl (C=O) groups excluding carboxylic acids is 1. The van der Waals surface area contributed by atoms with Crippen LogP contribution in [0.15, 0.2) is 47.8 Å². The maximum Gasteiger partial charge on any atom is 0.257 e. The Morgan fingerprint density at radius 1 is 1.11 bits per heavy atom. The third kappa shape index (κ3) is 3.73. The van der Waals surface area contributed by atoms with Crippen LogP contribution in [0, 0.1) is 0 Å². The van der Waals surface area contributed by atoms with Crippen molar-refractivity contribution in [3.8, 4) is 22.8 Å². The van der Waals surface area contributed by atoms with E-state index in [-0.39, 0.29) is 5.91 Å². The number of thiazole rings is 1. The van der Waals surface area contributed by atoms with E-state index in [4.69, 9.17) is 9.47 Å². The maximum atomic E-state index is 12.5. The van der Waals surface area contributed by atoms with Crippen LogP contribution in [0.25, 0.3) is 11.3 Å². The van der Waals surface area contributed by atoms with Gasteiger partial charge >= 0.3 is 0 Å². The van der Waals surface area contributed by atoms with Gasteiger partial charge < -0.3 is 14.4 Å². The average Bonchev–Trinajstić information content (AvgIpc) is 3.16. The predicted molar refractivity (Wildman–Crippen MR) is 107 cm³/mol. The largest absolute Gasteiger partial charge is 0.486 e. The highest BCUT2D eigenvalue weighted by Crippen LogP contribution is 2.35. The second-order valence-corrected chi connectivity index (χ2v) is 7.15. The van der Waals surface area contributed by atoms with Crippen LogP contribution in [-0.4, -0.2) is 38.2 Å². The summed E-state index contributed by atoms with van der Waals surface area (Å²) in [6.45, 7) is 1.11. The molecule has 138 valence electrons. The van der Waals surface area contributed by atoms with Crippen LogP contribution < -0.4 is 19.7 Å². The van der Waals surface area contributed by atoms with Crippen molar-refractivity contribution >= 4 is 28.1 Å². The van der Waals surface area contributed by atoms with E-state index in [1.54, 1.807) is 6.07 Å². The molecule has 0 saturated carbocycles. The minimum Gasteiger partial charge on any atom is -0.486 e. The van der Waals surface area contributed by atoms with Crippen LogP contribution in [-0.2, 0) is 0 Å². The molecule has 1 N–H and O–H groups in total. The summed E-state index contributed by atoms with van der Waals surface area (Å²) in [7, 11) is 3.88. The zero-order chi connectivity index (χ0) is 18.8. The van der Waals surface area contributed by atoms with Crippen molar-refractivity contribution in [3.63, 3.8) is 0 Å². The molecule has 0 spiro atoms. The van der Waals surface area contributed by atoms with Gasteiger partial charge in [0, 0.05) is 36.3 Å². The molecule has 27 heavy (non-hydrogen) atoms. The average molecular weight is 381 g/mol. The summed E-state index contributed by atoms with van der Waals surface area (Å²) in [5.41, 5.74) is 3.27. The quantitative estimate of drug-likeness (QED) is 0.743. The van der Waals surface area contributed by atoms with Gasteiger partial charge in [0.05, 0.1) is 5.69 Å². The van der Waals surface area contributed by atoms with E-state index in [2.05, 4.69) is 10.3 Å². The van der Waals surface area contributed by atoms with Crippen molar-refractivity contribution < 1.29 is 14.3 Å². The van der Waals surface area contributed by atoms with Crippen LogP contribution in [0.1, 0.15) is 10.4 Å². The number of benzene rings is 2. The molecule has 0 aliphatic carbocycles. The van der Waals surface area contributed by atoms with Crippen LogP contribution >= 0.6 is 11.3 Å². The molecule has 1 aliphatic heterocycles. The summed E-state index contributed by atoms with van der Waals surface area (Å²) in [4.78, 5) is 19.0. The Labute approximate surface area is 161 Å². The Morgan fingerprint density at radius 2 is 1.93 bits per heavy atom. The van der Waals surface area contributed by atoms with Gasteiger partial charge in [0.1, 0.15) is 13.2 Å². The SMILES string of the molecule is CN(C)c1cccc(C(=O)Nc2nc(-c3ccc4c(c3)OCCO4)cs2)c1. The Morgan fingerprint density at radius 3 is 2.74 bits per heavy atom. The number of aromatic nitrogens is 1. The van der Waals surface area contributed by atoms with Gasteiger partial charge in [-0.1, -0.05) is 6.07 Å². The first kappa shape index (κ1) is 17.4. The topological polar surface area (TPSA) is 63.7 Å². The van der Waals surface area contributed by atoms with Gasteiger partial charge in [0.2, 0.25) is 0 Å². The van der Waals surface area contributed by atoms with E-state index in [9.17, 15) is 4.79 Å². The van der Waals surface area contributed by atoms with Crippen molar-refractivity contribution in [1.82, 2.24) is 4.98 Å². The van der Waals surface area contributed by atoms with E-state index < -0.39 is 0 Å². The highest BCUT2D eigenvalue weighted by Gasteiger charge is 2.15. The van der Waals surface area contributed by atoms with E-state index in [0.717, 1.165) is 28.4 Å². The summed E-state index contributed by atoms with van der Waals surface area (Å²) in [6.07, 6.45) is 0. The van der Waals surface area contributed by atoms with Crippen LogP contribution in [0.3, 0.4) is 0 Å². The molecular formula is C20H19N3O3S. The Hall–Kier alpha value is -3.06. The number of nitrogens with zero attached hydrogens (tertiary/aromatic N) is 2. The van der Waals surface area contributed by atoms with E-state index in [1.807, 2.05) is 60.8 Å². The number of hydrogen-bond donors (Lipinski definition) is 1. The fourth-order valence-corrected chi connectivity index (χ4v) is 3.48. The standard InChI is InChI=1S/C20H19N3O3S/c1-23(2)15-5-3-4-14(10-15)19(24)22-20-21-16(12-27-20)13-6-7-17-18(11-13)26-9-8-25-17/h3-7,10-12H,8-9H2,1-2H3,(H,21,22,24). The number of nitrogens with one attached hydrogen (secondary N) is 1. The van der Waals surface area contributed by atoms with Crippen molar-refractivity contribution in [1.29, 1.82) is 0 Å². The number of ether oxygens (including phenoxy) is 2. The number of amides is 1. The summed E-state index contributed by atoms with van der Waals surface area (Å²) < 4.78 is 11.2. The highest BCUT2D eigenvalue weighted by molar-refractivity contribution is 7.14. The van der Waals surface area contributed by atoms with Crippen molar-refractivity contribution in [2.45, 2.75) is 0 Å². The van der Waals surface area contributed by atoms with E-state index in [1.165, 1.54) is 11.3 Å². The van der Waals surface area contributed by atoms with Gasteiger partial charge in [0.25, 0.3) is 5.91 Å². The van der Waals surface area contributed by atoms with Crippen molar-refractivity contribution in [2.75, 3.05) is 37.5 Å². The molecular weight excluding hydrogens is 362 g/mol. The van der Waals surface area contributed by atoms with Gasteiger partial charge in [-0.15, -0.1) is 11.3 Å². The van der Waals surface area contributed by atoms with Gasteiger partial charge in [-0.05, 0) is 36.4 Å². The third-order valence-corrected chi connectivity index (χ3v) is 4.95. The number of fused-ring (bicyclic) bond motifs is 1. The monoisotopic (exact) mass is 381 g/mol. The molecule has 1 aliphatic rings. The fraction of sp³-hybridized carbons (Fsp3) is 0.200. The van der Waals surface area contributed by atoms with E-state index in [0.29, 0.717) is 23.9 Å². The number of carbonyl (C=O) groups is 1. The maximum absolute atomic E-state index is 12.5. The zero-order valence-electron chi connectivity index (χ0n) is 15.1. The molecule has 0 atom stereocenters. The number of anilines is 2. The molecule has 6 nitrogen and oxygen atoms in total. The second-order valence-electron chi connectivity index (χ2n) is 6.30. The molecule has 1 aromatic heterocycles. The summed E-state index contributed by atoms with van der Waals surface area (Å²) in [6, 6.07) is 13.2. The lowest BCUT2D eigenvalue weighted by Crippen LogP contribution is -2.15. The molecule has 3 aromatic rings. The van der Waals surface area contributed by atoms with Crippen LogP contribution in [0.5, 0.6) is 11.5 Å². The Kier molecular flexibility index (Phi) is 4.68. The smallest absolute Gasteiger partial charge is 0.257 e. The van der Waals surface area contributed by atoms with Crippen molar-refractivity contribution in [2.24, 2.45) is 0 Å². The predicted octanol–water partition coefficient (Wildman–Crippen LogP) is 3.90. The first-order chi connectivity index (χ1) is 13.1. The van der Waals surface area contributed by atoms with Gasteiger partial charge in [-0.25, -0.2) is 4.98 Å². The molecule has 2 heterocycles. The van der Waals surface area contributed by atoms with Crippen LogP contribution in [0.4, 0.5) is 10.8 Å². The summed E-state index contributed by atoms with van der Waals surface area (Å²) >= 11 is 1.39. The summed E-state index contributed by atoms with van der Waals surface area (Å²) in [5.74, 6) is 1.29. The molecule has 0 fully saturated rings. The lowest BCUT2D eigenvalue weighted by atomic mass is 10.1. The van der Waals surface area contributed by atoms with Crippen LogP contribution in [0.2, 0.25) is 0 Å². The Bertz CT molecular complexity index is 984. The minimum atomic E-state index is -0.179. The summed E-state index contributed by atoms with van der Waals surface area (Å²) in [5, 5.41) is 5.34. The zero-order valence-corrected chi connectivity index (χ0v) is 15.9. The molecule has 0 unspecified atom stereocenters. The number of hydrogen-bond acceptors (Lipinski definition) is 6. The molecule has 0 radical (unpaired) electrons. The molecule has 4 rings (SSSR count). The molecule has 0 saturated heterocycles. The minimum absolute atomic E-state index is 0.179. The lowest BCUT2D eigenvalue weighted by Gasteiger charge is -2.18. The first-order valence-electron chi connectivity index (χ1n) is 8.54. The fourth-order valence-electron chi connectivity index (χ4n) is 2.76. The van der Waals surface area contributed by atoms with E-state index >= 15 is 0 Å². The molecule has 2 aromatic carbocycles. The molecule has 7 heteroatoms. The normalized spacial score (nSPS) is 12.5. The van der Waals surface area contributed by atoms with Gasteiger partial charge in [-0.2, -0.15) is 0 Å². The lowest BCUT2D eigenvalue weighted by molar-refractivity contribution is 0.102. The second kappa shape index (κ2) is 7.28.